The second-order valence-corrected chi connectivity index (χ2v) is 6.93. The summed E-state index contributed by atoms with van der Waals surface area (Å²) >= 11 is 0. The van der Waals surface area contributed by atoms with Gasteiger partial charge in [0.05, 0.1) is 16.0 Å². The van der Waals surface area contributed by atoms with Crippen LogP contribution in [-0.2, 0) is 22.2 Å². The van der Waals surface area contributed by atoms with E-state index >= 15 is 0 Å². The summed E-state index contributed by atoms with van der Waals surface area (Å²) in [4.78, 5) is -0.505. The average molecular weight is 398 g/mol. The Morgan fingerprint density at radius 1 is 0.846 bits per heavy atom. The van der Waals surface area contributed by atoms with E-state index in [4.69, 9.17) is 0 Å². The van der Waals surface area contributed by atoms with Crippen LogP contribution in [0.4, 0.5) is 30.7 Å². The summed E-state index contributed by atoms with van der Waals surface area (Å²) in [6.45, 7) is 0. The van der Waals surface area contributed by atoms with Crippen LogP contribution in [-0.4, -0.2) is 8.42 Å². The zero-order valence-corrected chi connectivity index (χ0v) is 13.4. The highest BCUT2D eigenvalue weighted by Gasteiger charge is 2.38. The first-order valence-electron chi connectivity index (χ1n) is 6.79. The van der Waals surface area contributed by atoms with Crippen molar-refractivity contribution in [1.29, 1.82) is 0 Å². The Morgan fingerprint density at radius 3 is 1.92 bits per heavy atom. The summed E-state index contributed by atoms with van der Waals surface area (Å²) in [5, 5.41) is -1.92. The van der Waals surface area contributed by atoms with Gasteiger partial charge in [0, 0.05) is 0 Å². The number of alkyl halides is 6. The van der Waals surface area contributed by atoms with Crippen LogP contribution in [0.25, 0.3) is 6.08 Å². The third kappa shape index (κ3) is 4.24. The lowest BCUT2D eigenvalue weighted by Gasteiger charge is -2.14. The molecule has 2 aromatic rings. The van der Waals surface area contributed by atoms with Crippen LogP contribution in [0.2, 0.25) is 0 Å². The maximum absolute atomic E-state index is 14.1. The molecule has 0 aliphatic carbocycles. The number of rotatable bonds is 3. The first-order chi connectivity index (χ1) is 11.8. The molecule has 0 atom stereocenters. The van der Waals surface area contributed by atoms with Gasteiger partial charge in [-0.2, -0.15) is 30.7 Å². The number of halogens is 7. The van der Waals surface area contributed by atoms with Gasteiger partial charge < -0.3 is 0 Å². The van der Waals surface area contributed by atoms with E-state index < -0.39 is 48.9 Å². The van der Waals surface area contributed by atoms with Gasteiger partial charge in [-0.05, 0) is 35.9 Å². The molecule has 2 rings (SSSR count). The van der Waals surface area contributed by atoms with E-state index in [2.05, 4.69) is 0 Å². The van der Waals surface area contributed by atoms with Crippen molar-refractivity contribution in [3.8, 4) is 0 Å². The Hall–Kier alpha value is -2.36. The first kappa shape index (κ1) is 20.0. The molecular formula is C16H9F7O2S. The molecule has 0 heterocycles. The molecule has 2 aromatic carbocycles. The number of hydrogen-bond acceptors (Lipinski definition) is 2. The lowest BCUT2D eigenvalue weighted by atomic mass is 10.0. The fraction of sp³-hybridized carbons (Fsp3) is 0.125. The summed E-state index contributed by atoms with van der Waals surface area (Å²) in [6.07, 6.45) is -10.2. The van der Waals surface area contributed by atoms with Gasteiger partial charge in [-0.25, -0.2) is 8.42 Å². The van der Waals surface area contributed by atoms with Crippen LogP contribution >= 0.6 is 0 Å². The van der Waals surface area contributed by atoms with Crippen LogP contribution in [0.1, 0.15) is 16.7 Å². The lowest BCUT2D eigenvalue weighted by molar-refractivity contribution is -0.143. The van der Waals surface area contributed by atoms with Crippen molar-refractivity contribution in [1.82, 2.24) is 0 Å². The smallest absolute Gasteiger partial charge is 0.216 e. The summed E-state index contributed by atoms with van der Waals surface area (Å²) < 4.78 is 115. The normalized spacial score (nSPS) is 13.7. The third-order valence-electron chi connectivity index (χ3n) is 3.27. The molecule has 26 heavy (non-hydrogen) atoms. The minimum absolute atomic E-state index is 0.0469. The van der Waals surface area contributed by atoms with Crippen LogP contribution in [0.3, 0.4) is 0 Å². The SMILES string of the molecule is O=S(=O)(/C(F)=C/c1ccc(C(F)(F)F)cc1C(F)(F)F)c1ccccc1. The predicted octanol–water partition coefficient (Wildman–Crippen LogP) is 5.47. The molecule has 0 radical (unpaired) electrons. The van der Waals surface area contributed by atoms with Crippen molar-refractivity contribution in [2.45, 2.75) is 17.2 Å². The van der Waals surface area contributed by atoms with E-state index in [9.17, 15) is 39.2 Å². The van der Waals surface area contributed by atoms with Gasteiger partial charge in [0.25, 0.3) is 0 Å². The molecule has 140 valence electrons. The van der Waals surface area contributed by atoms with Crippen LogP contribution < -0.4 is 0 Å². The zero-order valence-electron chi connectivity index (χ0n) is 12.6. The molecule has 0 unspecified atom stereocenters. The molecule has 0 spiro atoms. The molecule has 0 N–H and O–H groups in total. The zero-order chi connectivity index (χ0) is 19.8. The van der Waals surface area contributed by atoms with Gasteiger partial charge in [0.2, 0.25) is 15.0 Å². The largest absolute Gasteiger partial charge is 0.417 e. The topological polar surface area (TPSA) is 34.1 Å². The fourth-order valence-electron chi connectivity index (χ4n) is 2.02. The van der Waals surface area contributed by atoms with E-state index in [-0.39, 0.29) is 12.1 Å². The lowest BCUT2D eigenvalue weighted by Crippen LogP contribution is -2.12. The molecule has 0 aromatic heterocycles. The number of sulfone groups is 1. The molecular weight excluding hydrogens is 389 g/mol. The van der Waals surface area contributed by atoms with Crippen molar-refractivity contribution in [3.63, 3.8) is 0 Å². The summed E-state index contributed by atoms with van der Waals surface area (Å²) in [6, 6.07) is 6.53. The van der Waals surface area contributed by atoms with Crippen molar-refractivity contribution in [2.75, 3.05) is 0 Å². The molecule has 2 nitrogen and oxygen atoms in total. The Bertz CT molecular complexity index is 927. The van der Waals surface area contributed by atoms with Gasteiger partial charge in [0.1, 0.15) is 0 Å². The number of hydrogen-bond donors (Lipinski definition) is 0. The van der Waals surface area contributed by atoms with Gasteiger partial charge in [-0.3, -0.25) is 0 Å². The summed E-state index contributed by atoms with van der Waals surface area (Å²) in [7, 11) is -4.73. The van der Waals surface area contributed by atoms with Crippen LogP contribution in [0.5, 0.6) is 0 Å². The highest BCUT2D eigenvalue weighted by molar-refractivity contribution is 7.95. The molecule has 0 aliphatic rings. The van der Waals surface area contributed by atoms with E-state index in [0.717, 1.165) is 12.1 Å². The van der Waals surface area contributed by atoms with Crippen molar-refractivity contribution >= 4 is 15.9 Å². The molecule has 0 saturated carbocycles. The van der Waals surface area contributed by atoms with E-state index in [1.807, 2.05) is 0 Å². The quantitative estimate of drug-likeness (QED) is 0.643. The summed E-state index contributed by atoms with van der Waals surface area (Å²) in [5.41, 5.74) is -4.43. The first-order valence-corrected chi connectivity index (χ1v) is 8.27. The maximum Gasteiger partial charge on any atom is 0.417 e. The Labute approximate surface area is 143 Å². The van der Waals surface area contributed by atoms with E-state index in [0.29, 0.717) is 12.1 Å². The fourth-order valence-corrected chi connectivity index (χ4v) is 3.04. The average Bonchev–Trinajstić information content (AvgIpc) is 2.54. The monoisotopic (exact) mass is 398 g/mol. The van der Waals surface area contributed by atoms with Gasteiger partial charge in [-0.15, -0.1) is 0 Å². The van der Waals surface area contributed by atoms with Crippen LogP contribution in [0, 0.1) is 0 Å². The second kappa shape index (κ2) is 6.75. The van der Waals surface area contributed by atoms with Gasteiger partial charge in [0.15, 0.2) is 0 Å². The molecule has 0 amide bonds. The van der Waals surface area contributed by atoms with Crippen molar-refractivity contribution in [3.05, 3.63) is 70.4 Å². The van der Waals surface area contributed by atoms with Gasteiger partial charge >= 0.3 is 12.4 Å². The molecule has 10 heteroatoms. The highest BCUT2D eigenvalue weighted by Crippen LogP contribution is 2.38. The van der Waals surface area contributed by atoms with E-state index in [1.165, 1.54) is 18.2 Å². The standard InChI is InChI=1S/C16H9F7O2S/c17-14(26(24,25)12-4-2-1-3-5-12)8-10-6-7-11(15(18,19)20)9-13(10)16(21,22)23/h1-9H/b14-8+. The Balaban J connectivity index is 2.60. The predicted molar refractivity (Wildman–Crippen MR) is 79.2 cm³/mol. The summed E-state index contributed by atoms with van der Waals surface area (Å²) in [5.74, 6) is 0. The van der Waals surface area contributed by atoms with Crippen molar-refractivity contribution < 1.29 is 39.2 Å². The molecule has 0 saturated heterocycles. The van der Waals surface area contributed by atoms with Crippen molar-refractivity contribution in [2.24, 2.45) is 0 Å². The van der Waals surface area contributed by atoms with Crippen LogP contribution in [0.15, 0.2) is 58.6 Å². The van der Waals surface area contributed by atoms with E-state index in [1.54, 1.807) is 0 Å². The minimum atomic E-state index is -5.25. The molecule has 0 bridgehead atoms. The third-order valence-corrected chi connectivity index (χ3v) is 4.79. The van der Waals surface area contributed by atoms with Gasteiger partial charge in [-0.1, -0.05) is 24.3 Å². The highest BCUT2D eigenvalue weighted by atomic mass is 32.2. The minimum Gasteiger partial charge on any atom is -0.216 e. The second-order valence-electron chi connectivity index (χ2n) is 5.06. The molecule has 0 fully saturated rings. The molecule has 0 aliphatic heterocycles. The maximum atomic E-state index is 14.1. The number of benzene rings is 2. The Morgan fingerprint density at radius 2 is 1.42 bits per heavy atom. The Kier molecular flexibility index (Phi) is 5.18.